The van der Waals surface area contributed by atoms with E-state index in [4.69, 9.17) is 27.9 Å². The Balaban J connectivity index is 1.48. The highest BCUT2D eigenvalue weighted by atomic mass is 35.5. The average molecular weight is 395 g/mol. The summed E-state index contributed by atoms with van der Waals surface area (Å²) in [5.74, 6) is -0.937. The lowest BCUT2D eigenvalue weighted by atomic mass is 10.1. The second kappa shape index (κ2) is 8.82. The number of hydrogen-bond acceptors (Lipinski definition) is 4. The summed E-state index contributed by atoms with van der Waals surface area (Å²) < 4.78 is 5.99. The number of hydrogen-bond donors (Lipinski definition) is 1. The number of nitrogens with zero attached hydrogens (tertiary/aromatic N) is 2. The summed E-state index contributed by atoms with van der Waals surface area (Å²) >= 11 is 11.9. The zero-order chi connectivity index (χ0) is 18.5. The van der Waals surface area contributed by atoms with E-state index < -0.39 is 5.97 Å². The van der Waals surface area contributed by atoms with E-state index in [1.807, 2.05) is 12.1 Å². The molecule has 138 valence electrons. The normalized spacial score (nSPS) is 15.9. The molecule has 1 N–H and O–H groups in total. The number of piperidine rings is 1. The zero-order valence-corrected chi connectivity index (χ0v) is 15.7. The van der Waals surface area contributed by atoms with Crippen LogP contribution in [0.1, 0.15) is 34.5 Å². The van der Waals surface area contributed by atoms with Gasteiger partial charge in [0.25, 0.3) is 0 Å². The van der Waals surface area contributed by atoms with Gasteiger partial charge in [0, 0.05) is 25.8 Å². The number of carbonyl (C=O) groups is 1. The monoisotopic (exact) mass is 394 g/mol. The molecule has 1 fully saturated rings. The van der Waals surface area contributed by atoms with Crippen LogP contribution in [-0.4, -0.2) is 40.2 Å². The Morgan fingerprint density at radius 2 is 2.00 bits per heavy atom. The SMILES string of the molecule is O=C(O)c1cccnc1CN1CCC(OCc2ccc(Cl)c(Cl)c2)CC1. The van der Waals surface area contributed by atoms with E-state index in [9.17, 15) is 9.90 Å². The summed E-state index contributed by atoms with van der Waals surface area (Å²) in [4.78, 5) is 17.7. The summed E-state index contributed by atoms with van der Waals surface area (Å²) in [6, 6.07) is 8.76. The predicted octanol–water partition coefficient (Wildman–Crippen LogP) is 4.27. The molecule has 1 aliphatic rings. The first-order valence-electron chi connectivity index (χ1n) is 8.48. The molecule has 3 rings (SSSR count). The molecule has 0 bridgehead atoms. The third kappa shape index (κ3) is 4.95. The highest BCUT2D eigenvalue weighted by molar-refractivity contribution is 6.42. The van der Waals surface area contributed by atoms with Crippen molar-refractivity contribution in [3.63, 3.8) is 0 Å². The van der Waals surface area contributed by atoms with Crippen LogP contribution >= 0.6 is 23.2 Å². The Bertz CT molecular complexity index is 777. The molecule has 0 spiro atoms. The maximum absolute atomic E-state index is 11.3. The number of aromatic nitrogens is 1. The van der Waals surface area contributed by atoms with E-state index in [1.54, 1.807) is 24.4 Å². The van der Waals surface area contributed by atoms with Gasteiger partial charge in [0.1, 0.15) is 0 Å². The number of pyridine rings is 1. The summed E-state index contributed by atoms with van der Waals surface area (Å²) in [7, 11) is 0. The summed E-state index contributed by atoms with van der Waals surface area (Å²) in [6.45, 7) is 2.75. The number of carboxylic acids is 1. The molecular weight excluding hydrogens is 375 g/mol. The van der Waals surface area contributed by atoms with Crippen molar-refractivity contribution in [3.05, 3.63) is 63.4 Å². The van der Waals surface area contributed by atoms with Crippen LogP contribution in [0.4, 0.5) is 0 Å². The van der Waals surface area contributed by atoms with Crippen LogP contribution in [-0.2, 0) is 17.9 Å². The van der Waals surface area contributed by atoms with Crippen LogP contribution in [0.3, 0.4) is 0 Å². The minimum Gasteiger partial charge on any atom is -0.478 e. The number of carboxylic acid groups (broad SMARTS) is 1. The average Bonchev–Trinajstić information content (AvgIpc) is 2.64. The first kappa shape index (κ1) is 19.1. The summed E-state index contributed by atoms with van der Waals surface area (Å²) in [5.41, 5.74) is 1.88. The van der Waals surface area contributed by atoms with Gasteiger partial charge in [-0.2, -0.15) is 0 Å². The fourth-order valence-electron chi connectivity index (χ4n) is 3.05. The van der Waals surface area contributed by atoms with Gasteiger partial charge in [-0.15, -0.1) is 0 Å². The molecule has 0 saturated carbocycles. The number of halogens is 2. The fraction of sp³-hybridized carbons (Fsp3) is 0.368. The van der Waals surface area contributed by atoms with E-state index in [0.29, 0.717) is 28.9 Å². The molecule has 26 heavy (non-hydrogen) atoms. The molecule has 1 aliphatic heterocycles. The van der Waals surface area contributed by atoms with Gasteiger partial charge in [-0.25, -0.2) is 4.79 Å². The van der Waals surface area contributed by atoms with Gasteiger partial charge in [-0.1, -0.05) is 29.3 Å². The Labute approximate surface area is 162 Å². The molecular formula is C19H20Cl2N2O3. The fourth-order valence-corrected chi connectivity index (χ4v) is 3.37. The van der Waals surface area contributed by atoms with Crippen molar-refractivity contribution in [2.45, 2.75) is 32.1 Å². The molecule has 1 saturated heterocycles. The van der Waals surface area contributed by atoms with Crippen LogP contribution in [0.5, 0.6) is 0 Å². The van der Waals surface area contributed by atoms with Crippen molar-refractivity contribution in [2.75, 3.05) is 13.1 Å². The number of rotatable bonds is 6. The lowest BCUT2D eigenvalue weighted by Crippen LogP contribution is -2.37. The van der Waals surface area contributed by atoms with Crippen molar-refractivity contribution in [1.82, 2.24) is 9.88 Å². The smallest absolute Gasteiger partial charge is 0.337 e. The molecule has 0 radical (unpaired) electrons. The first-order valence-corrected chi connectivity index (χ1v) is 9.23. The van der Waals surface area contributed by atoms with Gasteiger partial charge in [0.15, 0.2) is 0 Å². The van der Waals surface area contributed by atoms with Gasteiger partial charge < -0.3 is 9.84 Å². The summed E-state index contributed by atoms with van der Waals surface area (Å²) in [5, 5.41) is 10.3. The molecule has 0 atom stereocenters. The van der Waals surface area contributed by atoms with Crippen LogP contribution in [0, 0.1) is 0 Å². The van der Waals surface area contributed by atoms with Crippen molar-refractivity contribution < 1.29 is 14.6 Å². The topological polar surface area (TPSA) is 62.7 Å². The lowest BCUT2D eigenvalue weighted by molar-refractivity contribution is -0.00422. The van der Waals surface area contributed by atoms with Crippen molar-refractivity contribution in [2.24, 2.45) is 0 Å². The van der Waals surface area contributed by atoms with E-state index in [0.717, 1.165) is 31.5 Å². The number of likely N-dealkylation sites (tertiary alicyclic amines) is 1. The van der Waals surface area contributed by atoms with E-state index in [1.165, 1.54) is 0 Å². The molecule has 0 unspecified atom stereocenters. The second-order valence-electron chi connectivity index (χ2n) is 6.34. The van der Waals surface area contributed by atoms with Crippen LogP contribution in [0.25, 0.3) is 0 Å². The van der Waals surface area contributed by atoms with Gasteiger partial charge in [0.05, 0.1) is 34.0 Å². The lowest BCUT2D eigenvalue weighted by Gasteiger charge is -2.31. The molecule has 5 nitrogen and oxygen atoms in total. The second-order valence-corrected chi connectivity index (χ2v) is 7.15. The minimum atomic E-state index is -0.937. The third-order valence-electron chi connectivity index (χ3n) is 4.50. The molecule has 1 aromatic heterocycles. The van der Waals surface area contributed by atoms with Gasteiger partial charge in [-0.3, -0.25) is 9.88 Å². The molecule has 7 heteroatoms. The van der Waals surface area contributed by atoms with E-state index in [-0.39, 0.29) is 11.7 Å². The number of benzene rings is 1. The summed E-state index contributed by atoms with van der Waals surface area (Å²) in [6.07, 6.45) is 3.62. The molecule has 2 heterocycles. The largest absolute Gasteiger partial charge is 0.478 e. The van der Waals surface area contributed by atoms with Gasteiger partial charge in [0.2, 0.25) is 0 Å². The minimum absolute atomic E-state index is 0.184. The van der Waals surface area contributed by atoms with Gasteiger partial charge >= 0.3 is 5.97 Å². The predicted molar refractivity (Wildman–Crippen MR) is 101 cm³/mol. The molecule has 1 aromatic carbocycles. The standard InChI is InChI=1S/C19H20Cl2N2O3/c20-16-4-3-13(10-17(16)21)12-26-14-5-8-23(9-6-14)11-18-15(19(24)25)2-1-7-22-18/h1-4,7,10,14H,5-6,8-9,11-12H2,(H,24,25). The molecule has 0 amide bonds. The first-order chi connectivity index (χ1) is 12.5. The Kier molecular flexibility index (Phi) is 6.48. The van der Waals surface area contributed by atoms with Crippen molar-refractivity contribution >= 4 is 29.2 Å². The van der Waals surface area contributed by atoms with Crippen LogP contribution < -0.4 is 0 Å². The van der Waals surface area contributed by atoms with Crippen LogP contribution in [0.2, 0.25) is 10.0 Å². The quantitative estimate of drug-likeness (QED) is 0.792. The number of aromatic carboxylic acids is 1. The highest BCUT2D eigenvalue weighted by Crippen LogP contribution is 2.24. The van der Waals surface area contributed by atoms with Crippen molar-refractivity contribution in [3.8, 4) is 0 Å². The number of ether oxygens (including phenoxy) is 1. The molecule has 2 aromatic rings. The zero-order valence-electron chi connectivity index (χ0n) is 14.2. The van der Waals surface area contributed by atoms with Crippen molar-refractivity contribution in [1.29, 1.82) is 0 Å². The maximum atomic E-state index is 11.3. The third-order valence-corrected chi connectivity index (χ3v) is 5.24. The van der Waals surface area contributed by atoms with Gasteiger partial charge in [-0.05, 0) is 42.7 Å². The van der Waals surface area contributed by atoms with E-state index in [2.05, 4.69) is 9.88 Å². The van der Waals surface area contributed by atoms with E-state index >= 15 is 0 Å². The highest BCUT2D eigenvalue weighted by Gasteiger charge is 2.22. The Morgan fingerprint density at radius 3 is 2.69 bits per heavy atom. The van der Waals surface area contributed by atoms with Crippen LogP contribution in [0.15, 0.2) is 36.5 Å². The Morgan fingerprint density at radius 1 is 1.23 bits per heavy atom. The maximum Gasteiger partial charge on any atom is 0.337 e. The Hall–Kier alpha value is -1.66. The molecule has 0 aliphatic carbocycles.